The summed E-state index contributed by atoms with van der Waals surface area (Å²) in [5.74, 6) is 1.30. The maximum atomic E-state index is 16.8. The van der Waals surface area contributed by atoms with Crippen LogP contribution in [0.4, 0.5) is 14.6 Å². The van der Waals surface area contributed by atoms with Gasteiger partial charge in [0.05, 0.1) is 23.2 Å². The molecule has 46 heavy (non-hydrogen) atoms. The number of aromatic nitrogens is 3. The summed E-state index contributed by atoms with van der Waals surface area (Å²) in [5, 5.41) is 22.9. The lowest BCUT2D eigenvalue weighted by molar-refractivity contribution is 0.0131. The van der Waals surface area contributed by atoms with Gasteiger partial charge >= 0.3 is 6.01 Å². The first-order valence-corrected chi connectivity index (χ1v) is 16.2. The van der Waals surface area contributed by atoms with Crippen LogP contribution in [0.3, 0.4) is 0 Å². The molecule has 7 rings (SSSR count). The fraction of sp³-hybridized carbons (Fsp3) is 0.472. The number of pyridine rings is 1. The van der Waals surface area contributed by atoms with Crippen molar-refractivity contribution in [1.82, 2.24) is 19.9 Å². The maximum Gasteiger partial charge on any atom is 0.319 e. The van der Waals surface area contributed by atoms with Gasteiger partial charge in [0, 0.05) is 41.7 Å². The minimum Gasteiger partial charge on any atom is -0.508 e. The van der Waals surface area contributed by atoms with Crippen molar-refractivity contribution in [2.24, 2.45) is 5.41 Å². The quantitative estimate of drug-likeness (QED) is 0.244. The summed E-state index contributed by atoms with van der Waals surface area (Å²) in [7, 11) is 2.17. The zero-order valence-electron chi connectivity index (χ0n) is 26.3. The molecule has 2 saturated heterocycles. The topological polar surface area (TPSA) is 94.8 Å². The van der Waals surface area contributed by atoms with Crippen LogP contribution in [0.2, 0.25) is 0 Å². The van der Waals surface area contributed by atoms with E-state index in [-0.39, 0.29) is 44.9 Å². The molecule has 0 bridgehead atoms. The number of hydrogen-bond acceptors (Lipinski definition) is 8. The Morgan fingerprint density at radius 1 is 1.11 bits per heavy atom. The molecule has 1 saturated carbocycles. The third-order valence-corrected chi connectivity index (χ3v) is 10.7. The molecule has 3 aliphatic rings. The van der Waals surface area contributed by atoms with Gasteiger partial charge in [-0.2, -0.15) is 9.97 Å². The molecule has 3 fully saturated rings. The largest absolute Gasteiger partial charge is 0.508 e. The minimum atomic E-state index is -0.901. The number of nitrogens with zero attached hydrogens (tertiary/aromatic N) is 5. The summed E-state index contributed by atoms with van der Waals surface area (Å²) in [6.45, 7) is 4.39. The summed E-state index contributed by atoms with van der Waals surface area (Å²) >= 11 is 0. The molecular formula is C36H39F2N5O3. The van der Waals surface area contributed by atoms with E-state index in [1.54, 1.807) is 0 Å². The number of benzene rings is 2. The third kappa shape index (κ3) is 5.10. The SMILES string of the molecule is C#Cc1c(F)ccc2cc(O)cc(-c3ncc4c(N5CCCC(O)(CC)C5)nc(OCC56CCCC5N(C)CCC6)nc4c3F)c12. The van der Waals surface area contributed by atoms with E-state index in [2.05, 4.69) is 27.8 Å². The number of fused-ring (bicyclic) bond motifs is 3. The van der Waals surface area contributed by atoms with E-state index in [0.717, 1.165) is 45.1 Å². The number of anilines is 1. The summed E-state index contributed by atoms with van der Waals surface area (Å²) in [4.78, 5) is 18.3. The Labute approximate surface area is 267 Å². The monoisotopic (exact) mass is 627 g/mol. The Kier molecular flexibility index (Phi) is 7.73. The molecule has 0 amide bonds. The average Bonchev–Trinajstić information content (AvgIpc) is 3.49. The van der Waals surface area contributed by atoms with Gasteiger partial charge in [-0.1, -0.05) is 25.3 Å². The molecule has 240 valence electrons. The lowest BCUT2D eigenvalue weighted by atomic mass is 9.76. The van der Waals surface area contributed by atoms with Crippen molar-refractivity contribution < 1.29 is 23.7 Å². The summed E-state index contributed by atoms with van der Waals surface area (Å²) in [5.41, 5.74) is -0.944. The lowest BCUT2D eigenvalue weighted by Crippen LogP contribution is -2.50. The first-order valence-electron chi connectivity index (χ1n) is 16.2. The second-order valence-corrected chi connectivity index (χ2v) is 13.4. The Bertz CT molecular complexity index is 1880. The van der Waals surface area contributed by atoms with Crippen LogP contribution < -0.4 is 9.64 Å². The van der Waals surface area contributed by atoms with Crippen LogP contribution in [0.1, 0.15) is 63.9 Å². The van der Waals surface area contributed by atoms with Crippen molar-refractivity contribution in [3.8, 4) is 35.4 Å². The van der Waals surface area contributed by atoms with E-state index in [9.17, 15) is 14.6 Å². The number of halogens is 2. The van der Waals surface area contributed by atoms with Crippen LogP contribution in [0, 0.1) is 29.4 Å². The molecule has 4 aromatic rings. The fourth-order valence-electron chi connectivity index (χ4n) is 8.23. The standard InChI is InChI=1S/C36H39F2N5O3/c1-4-24-27(37)11-10-22-17-23(44)18-25(29(22)24)31-30(38)32-26(19-39-31)33(43-16-8-14-36(45,5-2)20-43)41-34(40-32)46-21-35-12-6-9-28(35)42(3)15-7-13-35/h1,10-11,17-19,28,44-45H,5-9,12-16,20-21H2,2-3H3. The van der Waals surface area contributed by atoms with E-state index in [1.807, 2.05) is 11.8 Å². The van der Waals surface area contributed by atoms with E-state index in [1.165, 1.54) is 30.5 Å². The Hall–Kier alpha value is -4.07. The van der Waals surface area contributed by atoms with Gasteiger partial charge in [-0.05, 0) is 82.1 Å². The molecule has 8 nitrogen and oxygen atoms in total. The molecule has 0 spiro atoms. The number of terminal acetylenes is 1. The van der Waals surface area contributed by atoms with Gasteiger partial charge in [0.1, 0.15) is 28.6 Å². The molecule has 0 radical (unpaired) electrons. The summed E-state index contributed by atoms with van der Waals surface area (Å²) < 4.78 is 38.1. The maximum absolute atomic E-state index is 16.8. The van der Waals surface area contributed by atoms with E-state index in [4.69, 9.17) is 16.1 Å². The number of β-amino-alcohol motifs (C(OH)–C–C–N with tert-alkyl or cyclic N) is 1. The number of aliphatic hydroxyl groups is 1. The fourth-order valence-corrected chi connectivity index (χ4v) is 8.23. The first kappa shape index (κ1) is 30.6. The Morgan fingerprint density at radius 3 is 2.72 bits per heavy atom. The van der Waals surface area contributed by atoms with E-state index in [0.29, 0.717) is 55.2 Å². The molecular weight excluding hydrogens is 588 g/mol. The number of phenols is 1. The Morgan fingerprint density at radius 2 is 1.91 bits per heavy atom. The number of phenolic OH excluding ortho intramolecular Hbond substituents is 1. The number of rotatable bonds is 6. The van der Waals surface area contributed by atoms with Crippen LogP contribution in [0.15, 0.2) is 30.5 Å². The molecule has 2 aromatic carbocycles. The van der Waals surface area contributed by atoms with Gasteiger partial charge in [-0.25, -0.2) is 8.78 Å². The normalized spacial score (nSPS) is 25.1. The van der Waals surface area contributed by atoms with Crippen molar-refractivity contribution in [2.45, 2.75) is 69.9 Å². The molecule has 4 heterocycles. The van der Waals surface area contributed by atoms with E-state index >= 15 is 4.39 Å². The molecule has 1 aliphatic carbocycles. The van der Waals surface area contributed by atoms with Crippen LogP contribution in [0.25, 0.3) is 32.9 Å². The summed E-state index contributed by atoms with van der Waals surface area (Å²) in [6.07, 6.45) is 14.6. The summed E-state index contributed by atoms with van der Waals surface area (Å²) in [6, 6.07) is 5.98. The highest BCUT2D eigenvalue weighted by Gasteiger charge is 2.47. The van der Waals surface area contributed by atoms with Gasteiger partial charge in [0.25, 0.3) is 0 Å². The predicted molar refractivity (Wildman–Crippen MR) is 174 cm³/mol. The second kappa shape index (κ2) is 11.6. The first-order chi connectivity index (χ1) is 22.1. The van der Waals surface area contributed by atoms with Gasteiger partial charge < -0.3 is 24.7 Å². The molecule has 3 atom stereocenters. The van der Waals surface area contributed by atoms with Crippen molar-refractivity contribution >= 4 is 27.5 Å². The number of likely N-dealkylation sites (tertiary alicyclic amines) is 1. The molecule has 2 N–H and O–H groups in total. The Balaban J connectivity index is 1.38. The van der Waals surface area contributed by atoms with Crippen LogP contribution >= 0.6 is 0 Å². The zero-order valence-corrected chi connectivity index (χ0v) is 26.3. The van der Waals surface area contributed by atoms with Crippen molar-refractivity contribution in [3.05, 3.63) is 47.7 Å². The molecule has 10 heteroatoms. The molecule has 2 aliphatic heterocycles. The lowest BCUT2D eigenvalue weighted by Gasteiger charge is -2.44. The predicted octanol–water partition coefficient (Wildman–Crippen LogP) is 6.19. The average molecular weight is 628 g/mol. The van der Waals surface area contributed by atoms with Crippen LogP contribution in [-0.4, -0.2) is 75.0 Å². The highest BCUT2D eigenvalue weighted by Crippen LogP contribution is 2.48. The highest BCUT2D eigenvalue weighted by atomic mass is 19.1. The zero-order chi connectivity index (χ0) is 32.2. The molecule has 2 aromatic heterocycles. The van der Waals surface area contributed by atoms with Gasteiger partial charge in [-0.15, -0.1) is 6.42 Å². The smallest absolute Gasteiger partial charge is 0.319 e. The van der Waals surface area contributed by atoms with E-state index < -0.39 is 17.2 Å². The van der Waals surface area contributed by atoms with Crippen molar-refractivity contribution in [1.29, 1.82) is 0 Å². The number of ether oxygens (including phenoxy) is 1. The van der Waals surface area contributed by atoms with Crippen LogP contribution in [0.5, 0.6) is 11.8 Å². The number of aromatic hydroxyl groups is 1. The highest BCUT2D eigenvalue weighted by molar-refractivity contribution is 6.03. The minimum absolute atomic E-state index is 0.00741. The van der Waals surface area contributed by atoms with Crippen molar-refractivity contribution in [3.63, 3.8) is 0 Å². The third-order valence-electron chi connectivity index (χ3n) is 10.7. The second-order valence-electron chi connectivity index (χ2n) is 13.4. The number of piperidine rings is 2. The van der Waals surface area contributed by atoms with Crippen molar-refractivity contribution in [2.75, 3.05) is 38.2 Å². The molecule has 3 unspecified atom stereocenters. The van der Waals surface area contributed by atoms with Gasteiger partial charge in [-0.3, -0.25) is 4.98 Å². The van der Waals surface area contributed by atoms with Crippen LogP contribution in [-0.2, 0) is 0 Å². The van der Waals surface area contributed by atoms with Gasteiger partial charge in [0.2, 0.25) is 0 Å². The number of hydrogen-bond donors (Lipinski definition) is 2. The van der Waals surface area contributed by atoms with Gasteiger partial charge in [0.15, 0.2) is 5.82 Å².